The molecule has 0 radical (unpaired) electrons. The van der Waals surface area contributed by atoms with Crippen molar-refractivity contribution in [2.24, 2.45) is 0 Å². The van der Waals surface area contributed by atoms with Crippen LogP contribution in [0.1, 0.15) is 24.0 Å². The van der Waals surface area contributed by atoms with Crippen LogP contribution in [0.3, 0.4) is 0 Å². The predicted octanol–water partition coefficient (Wildman–Crippen LogP) is 4.03. The second kappa shape index (κ2) is 5.92. The van der Waals surface area contributed by atoms with Crippen molar-refractivity contribution in [1.29, 1.82) is 0 Å². The lowest BCUT2D eigenvalue weighted by Gasteiger charge is -2.32. The third kappa shape index (κ3) is 3.33. The van der Waals surface area contributed by atoms with Crippen LogP contribution in [0.25, 0.3) is 0 Å². The number of halogens is 6. The Morgan fingerprint density at radius 1 is 1.15 bits per heavy atom. The van der Waals surface area contributed by atoms with Gasteiger partial charge in [-0.25, -0.2) is 4.98 Å². The molecule has 3 heterocycles. The van der Waals surface area contributed by atoms with Gasteiger partial charge in [0.1, 0.15) is 11.4 Å². The fraction of sp³-hybridized carbons (Fsp3) is 0.333. The summed E-state index contributed by atoms with van der Waals surface area (Å²) in [7, 11) is 0. The highest BCUT2D eigenvalue weighted by molar-refractivity contribution is 5.99. The molecule has 26 heavy (non-hydrogen) atoms. The molecule has 5 nitrogen and oxygen atoms in total. The van der Waals surface area contributed by atoms with Gasteiger partial charge in [0.25, 0.3) is 5.91 Å². The largest absolute Gasteiger partial charge is 0.463 e. The first-order chi connectivity index (χ1) is 12.0. The van der Waals surface area contributed by atoms with Crippen molar-refractivity contribution in [1.82, 2.24) is 4.98 Å². The molecule has 2 aromatic heterocycles. The second-order valence-electron chi connectivity index (χ2n) is 5.49. The average molecular weight is 380 g/mol. The van der Waals surface area contributed by atoms with Gasteiger partial charge in [-0.1, -0.05) is 0 Å². The van der Waals surface area contributed by atoms with E-state index in [0.29, 0.717) is 18.3 Å². The van der Waals surface area contributed by atoms with E-state index in [2.05, 4.69) is 9.40 Å². The van der Waals surface area contributed by atoms with Crippen LogP contribution in [0.5, 0.6) is 5.88 Å². The van der Waals surface area contributed by atoms with Crippen LogP contribution in [0.4, 0.5) is 32.0 Å². The maximum atomic E-state index is 12.9. The summed E-state index contributed by atoms with van der Waals surface area (Å²) in [6.45, 7) is 0.847. The molecule has 1 unspecified atom stereocenters. The number of carbonyl (C=O) groups is 1. The van der Waals surface area contributed by atoms with Crippen molar-refractivity contribution in [2.45, 2.75) is 31.9 Å². The topological polar surface area (TPSA) is 55.6 Å². The van der Waals surface area contributed by atoms with Crippen molar-refractivity contribution in [3.05, 3.63) is 41.5 Å². The number of aromatic nitrogens is 1. The number of anilines is 1. The maximum absolute atomic E-state index is 12.9. The van der Waals surface area contributed by atoms with Gasteiger partial charge in [-0.2, -0.15) is 26.3 Å². The summed E-state index contributed by atoms with van der Waals surface area (Å²) in [6.07, 6.45) is -9.95. The molecule has 0 saturated heterocycles. The van der Waals surface area contributed by atoms with Crippen LogP contribution in [0.15, 0.2) is 28.8 Å². The van der Waals surface area contributed by atoms with E-state index < -0.39 is 42.2 Å². The molecule has 140 valence electrons. The molecule has 0 fully saturated rings. The molecule has 11 heteroatoms. The summed E-state index contributed by atoms with van der Waals surface area (Å²) in [4.78, 5) is 16.7. The molecule has 3 rings (SSSR count). The number of fused-ring (bicyclic) bond motifs is 1. The van der Waals surface area contributed by atoms with Gasteiger partial charge in [0, 0.05) is 6.20 Å². The number of furan rings is 1. The number of carbonyl (C=O) groups excluding carboxylic acids is 1. The van der Waals surface area contributed by atoms with Gasteiger partial charge in [-0.15, -0.1) is 0 Å². The lowest BCUT2D eigenvalue weighted by Crippen LogP contribution is -2.44. The van der Waals surface area contributed by atoms with E-state index in [1.807, 2.05) is 0 Å². The van der Waals surface area contributed by atoms with Crippen LogP contribution >= 0.6 is 0 Å². The standard InChI is InChI=1S/C15H10F6N2O3/c1-7-13(24)23(6-9-2-3-11(26-9)15(19,20)21)10-4-8(14(16,17)18)5-22-12(10)25-7/h2-5,7H,6H2,1H3. The number of hydrogen-bond donors (Lipinski definition) is 0. The summed E-state index contributed by atoms with van der Waals surface area (Å²) in [5.74, 6) is -2.48. The number of amides is 1. The van der Waals surface area contributed by atoms with Crippen LogP contribution < -0.4 is 9.64 Å². The number of ether oxygens (including phenoxy) is 1. The van der Waals surface area contributed by atoms with Gasteiger partial charge in [0.2, 0.25) is 11.6 Å². The Kier molecular flexibility index (Phi) is 4.12. The molecule has 1 amide bonds. The molecular formula is C15H10F6N2O3. The lowest BCUT2D eigenvalue weighted by molar-refractivity contribution is -0.153. The molecule has 1 aliphatic rings. The Bertz CT molecular complexity index is 843. The summed E-state index contributed by atoms with van der Waals surface area (Å²) >= 11 is 0. The SMILES string of the molecule is CC1Oc2ncc(C(F)(F)F)cc2N(Cc2ccc(C(F)(F)F)o2)C1=O. The van der Waals surface area contributed by atoms with E-state index in [9.17, 15) is 31.1 Å². The third-order valence-electron chi connectivity index (χ3n) is 3.61. The highest BCUT2D eigenvalue weighted by atomic mass is 19.4. The fourth-order valence-corrected chi connectivity index (χ4v) is 2.37. The van der Waals surface area contributed by atoms with Crippen LogP contribution in [0, 0.1) is 0 Å². The summed E-state index contributed by atoms with van der Waals surface area (Å²) in [6, 6.07) is 2.33. The van der Waals surface area contributed by atoms with E-state index >= 15 is 0 Å². The summed E-state index contributed by atoms with van der Waals surface area (Å²) in [5, 5.41) is 0. The van der Waals surface area contributed by atoms with Crippen molar-refractivity contribution in [2.75, 3.05) is 4.90 Å². The highest BCUT2D eigenvalue weighted by Gasteiger charge is 2.39. The Hall–Kier alpha value is -2.72. The second-order valence-corrected chi connectivity index (χ2v) is 5.49. The first-order valence-corrected chi connectivity index (χ1v) is 7.18. The Balaban J connectivity index is 1.98. The number of hydrogen-bond acceptors (Lipinski definition) is 4. The van der Waals surface area contributed by atoms with Gasteiger partial charge < -0.3 is 9.15 Å². The van der Waals surface area contributed by atoms with Gasteiger partial charge in [-0.05, 0) is 25.1 Å². The maximum Gasteiger partial charge on any atom is 0.449 e. The predicted molar refractivity (Wildman–Crippen MR) is 74.2 cm³/mol. The van der Waals surface area contributed by atoms with Crippen molar-refractivity contribution < 1.29 is 40.3 Å². The molecule has 0 saturated carbocycles. The first kappa shape index (κ1) is 18.1. The highest BCUT2D eigenvalue weighted by Crippen LogP contribution is 2.39. The number of nitrogens with zero attached hydrogens (tertiary/aromatic N) is 2. The van der Waals surface area contributed by atoms with Gasteiger partial charge in [0.05, 0.1) is 12.1 Å². The molecule has 0 aromatic carbocycles. The minimum atomic E-state index is -4.72. The fourth-order valence-electron chi connectivity index (χ4n) is 2.37. The zero-order chi connectivity index (χ0) is 19.3. The molecule has 2 aromatic rings. The Morgan fingerprint density at radius 3 is 2.42 bits per heavy atom. The van der Waals surface area contributed by atoms with E-state index in [4.69, 9.17) is 4.74 Å². The number of alkyl halides is 6. The molecular weight excluding hydrogens is 370 g/mol. The van der Waals surface area contributed by atoms with Crippen molar-refractivity contribution >= 4 is 11.6 Å². The number of pyridine rings is 1. The molecule has 0 bridgehead atoms. The van der Waals surface area contributed by atoms with E-state index in [-0.39, 0.29) is 17.3 Å². The summed E-state index contributed by atoms with van der Waals surface area (Å²) in [5.41, 5.74) is -1.42. The average Bonchev–Trinajstić information content (AvgIpc) is 2.99. The van der Waals surface area contributed by atoms with Crippen LogP contribution in [-0.4, -0.2) is 17.0 Å². The van der Waals surface area contributed by atoms with Crippen LogP contribution in [0.2, 0.25) is 0 Å². The van der Waals surface area contributed by atoms with Gasteiger partial charge >= 0.3 is 12.4 Å². The quantitative estimate of drug-likeness (QED) is 0.739. The normalized spacial score (nSPS) is 17.9. The molecule has 0 spiro atoms. The molecule has 0 aliphatic carbocycles. The Labute approximate surface area is 142 Å². The minimum absolute atomic E-state index is 0.229. The van der Waals surface area contributed by atoms with Gasteiger partial charge in [0.15, 0.2) is 6.10 Å². The molecule has 1 atom stereocenters. The zero-order valence-electron chi connectivity index (χ0n) is 13.0. The molecule has 0 N–H and O–H groups in total. The monoisotopic (exact) mass is 380 g/mol. The first-order valence-electron chi connectivity index (χ1n) is 7.18. The zero-order valence-corrected chi connectivity index (χ0v) is 13.0. The lowest BCUT2D eigenvalue weighted by atomic mass is 10.2. The molecule has 1 aliphatic heterocycles. The smallest absolute Gasteiger partial charge is 0.449 e. The minimum Gasteiger partial charge on any atom is -0.463 e. The van der Waals surface area contributed by atoms with Crippen molar-refractivity contribution in [3.63, 3.8) is 0 Å². The third-order valence-corrected chi connectivity index (χ3v) is 3.61. The van der Waals surface area contributed by atoms with Crippen molar-refractivity contribution in [3.8, 4) is 5.88 Å². The van der Waals surface area contributed by atoms with E-state index in [1.54, 1.807) is 0 Å². The number of rotatable bonds is 2. The van der Waals surface area contributed by atoms with Crippen LogP contribution in [-0.2, 0) is 23.7 Å². The van der Waals surface area contributed by atoms with Gasteiger partial charge in [-0.3, -0.25) is 9.69 Å². The van der Waals surface area contributed by atoms with E-state index in [1.165, 1.54) is 6.92 Å². The Morgan fingerprint density at radius 2 is 1.85 bits per heavy atom. The van der Waals surface area contributed by atoms with E-state index in [0.717, 1.165) is 11.0 Å². The summed E-state index contributed by atoms with van der Waals surface area (Å²) < 4.78 is 86.3.